The van der Waals surface area contributed by atoms with Crippen molar-refractivity contribution in [1.29, 1.82) is 0 Å². The average molecular weight is 337 g/mol. The van der Waals surface area contributed by atoms with E-state index in [1.807, 2.05) is 30.5 Å². The second-order valence-corrected chi connectivity index (χ2v) is 7.84. The van der Waals surface area contributed by atoms with E-state index in [4.69, 9.17) is 4.74 Å². The first kappa shape index (κ1) is 15.5. The van der Waals surface area contributed by atoms with Gasteiger partial charge < -0.3 is 15.2 Å². The Morgan fingerprint density at radius 1 is 1.50 bits per heavy atom. The van der Waals surface area contributed by atoms with Crippen LogP contribution in [0.5, 0.6) is 5.75 Å². The molecule has 2 aromatic heterocycles. The molecule has 118 valence electrons. The van der Waals surface area contributed by atoms with Gasteiger partial charge in [0.2, 0.25) is 0 Å². The summed E-state index contributed by atoms with van der Waals surface area (Å²) in [6.45, 7) is 1.96. The van der Waals surface area contributed by atoms with Crippen molar-refractivity contribution in [1.82, 2.24) is 5.32 Å². The van der Waals surface area contributed by atoms with E-state index >= 15 is 0 Å². The molecule has 1 atom stereocenters. The molecule has 0 aromatic carbocycles. The molecule has 1 aliphatic rings. The number of carbonyl (C=O) groups excluding carboxylic acids is 1. The van der Waals surface area contributed by atoms with E-state index in [0.29, 0.717) is 16.5 Å². The molecule has 6 heteroatoms. The predicted octanol–water partition coefficient (Wildman–Crippen LogP) is 3.37. The topological polar surface area (TPSA) is 58.6 Å². The van der Waals surface area contributed by atoms with Gasteiger partial charge in [-0.15, -0.1) is 22.7 Å². The summed E-state index contributed by atoms with van der Waals surface area (Å²) in [5.41, 5.74) is 0. The predicted molar refractivity (Wildman–Crippen MR) is 88.9 cm³/mol. The molecule has 1 saturated carbocycles. The molecule has 0 unspecified atom stereocenters. The standard InChI is InChI=1S/C16H19NO3S2/c1-9-6-12(20-2)15(22-9)16(19)17-14(10-7-11(18)8-10)13-4-3-5-21-13/h3-6,10-11,14,18H,7-8H2,1-2H3,(H,17,19)/t10?,11?,14-/m0/s1. The molecule has 0 spiro atoms. The molecule has 2 aromatic rings. The van der Waals surface area contributed by atoms with E-state index < -0.39 is 0 Å². The van der Waals surface area contributed by atoms with Crippen LogP contribution in [0.3, 0.4) is 0 Å². The number of hydrogen-bond acceptors (Lipinski definition) is 5. The van der Waals surface area contributed by atoms with Crippen molar-refractivity contribution in [3.63, 3.8) is 0 Å². The van der Waals surface area contributed by atoms with Crippen molar-refractivity contribution < 1.29 is 14.6 Å². The fraction of sp³-hybridized carbons (Fsp3) is 0.438. The van der Waals surface area contributed by atoms with Gasteiger partial charge in [0, 0.05) is 9.75 Å². The number of aryl methyl sites for hydroxylation is 1. The van der Waals surface area contributed by atoms with Crippen LogP contribution in [0.15, 0.2) is 23.6 Å². The first-order valence-corrected chi connectivity index (χ1v) is 8.95. The number of nitrogens with one attached hydrogen (secondary N) is 1. The lowest BCUT2D eigenvalue weighted by Crippen LogP contribution is -2.41. The fourth-order valence-corrected chi connectivity index (χ4v) is 4.55. The Morgan fingerprint density at radius 2 is 2.27 bits per heavy atom. The minimum absolute atomic E-state index is 0.0389. The van der Waals surface area contributed by atoms with E-state index in [0.717, 1.165) is 22.6 Å². The number of rotatable bonds is 5. The third-order valence-electron chi connectivity index (χ3n) is 4.00. The molecule has 0 radical (unpaired) electrons. The highest BCUT2D eigenvalue weighted by Gasteiger charge is 2.36. The monoisotopic (exact) mass is 337 g/mol. The van der Waals surface area contributed by atoms with Crippen LogP contribution in [0.2, 0.25) is 0 Å². The molecule has 1 aliphatic carbocycles. The molecule has 0 aliphatic heterocycles. The highest BCUT2D eigenvalue weighted by atomic mass is 32.1. The number of amides is 1. The largest absolute Gasteiger partial charge is 0.495 e. The molecule has 1 amide bonds. The van der Waals surface area contributed by atoms with E-state index in [9.17, 15) is 9.90 Å². The number of hydrogen-bond donors (Lipinski definition) is 2. The van der Waals surface area contributed by atoms with E-state index in [2.05, 4.69) is 5.32 Å². The summed E-state index contributed by atoms with van der Waals surface area (Å²) in [5.74, 6) is 0.818. The lowest BCUT2D eigenvalue weighted by atomic mass is 9.76. The van der Waals surface area contributed by atoms with Gasteiger partial charge in [0.05, 0.1) is 19.3 Å². The summed E-state index contributed by atoms with van der Waals surface area (Å²) < 4.78 is 5.29. The third kappa shape index (κ3) is 3.04. The molecule has 3 rings (SSSR count). The van der Waals surface area contributed by atoms with Gasteiger partial charge in [0.15, 0.2) is 0 Å². The second kappa shape index (κ2) is 6.40. The first-order valence-electron chi connectivity index (χ1n) is 7.25. The summed E-state index contributed by atoms with van der Waals surface area (Å²) in [7, 11) is 1.58. The van der Waals surface area contributed by atoms with E-state index in [-0.39, 0.29) is 18.1 Å². The van der Waals surface area contributed by atoms with Crippen molar-refractivity contribution >= 4 is 28.6 Å². The van der Waals surface area contributed by atoms with Crippen molar-refractivity contribution in [2.75, 3.05) is 7.11 Å². The third-order valence-corrected chi connectivity index (χ3v) is 5.99. The van der Waals surface area contributed by atoms with Crippen molar-refractivity contribution in [2.24, 2.45) is 5.92 Å². The van der Waals surface area contributed by atoms with Gasteiger partial charge >= 0.3 is 0 Å². The van der Waals surface area contributed by atoms with Gasteiger partial charge in [-0.1, -0.05) is 6.07 Å². The summed E-state index contributed by atoms with van der Waals surface area (Å²) >= 11 is 3.08. The molecular formula is C16H19NO3S2. The first-order chi connectivity index (χ1) is 10.6. The number of aliphatic hydroxyl groups is 1. The van der Waals surface area contributed by atoms with Crippen LogP contribution in [0.25, 0.3) is 0 Å². The zero-order chi connectivity index (χ0) is 15.7. The Labute approximate surface area is 137 Å². The maximum atomic E-state index is 12.6. The molecular weight excluding hydrogens is 318 g/mol. The van der Waals surface area contributed by atoms with Crippen LogP contribution >= 0.6 is 22.7 Å². The molecule has 1 fully saturated rings. The highest BCUT2D eigenvalue weighted by molar-refractivity contribution is 7.14. The fourth-order valence-electron chi connectivity index (χ4n) is 2.80. The minimum Gasteiger partial charge on any atom is -0.495 e. The molecule has 2 N–H and O–H groups in total. The van der Waals surface area contributed by atoms with Crippen LogP contribution in [0, 0.1) is 12.8 Å². The van der Waals surface area contributed by atoms with Gasteiger partial charge in [-0.3, -0.25) is 4.79 Å². The smallest absolute Gasteiger partial charge is 0.265 e. The number of carbonyl (C=O) groups is 1. The maximum absolute atomic E-state index is 12.6. The second-order valence-electron chi connectivity index (χ2n) is 5.61. The Morgan fingerprint density at radius 3 is 2.86 bits per heavy atom. The lowest BCUT2D eigenvalue weighted by Gasteiger charge is -2.37. The molecule has 22 heavy (non-hydrogen) atoms. The minimum atomic E-state index is -0.233. The van der Waals surface area contributed by atoms with Crippen molar-refractivity contribution in [3.8, 4) is 5.75 Å². The Hall–Kier alpha value is -1.37. The average Bonchev–Trinajstić information content (AvgIpc) is 3.10. The van der Waals surface area contributed by atoms with E-state index in [1.54, 1.807) is 18.4 Å². The number of aliphatic hydroxyl groups excluding tert-OH is 1. The van der Waals surface area contributed by atoms with Crippen molar-refractivity contribution in [2.45, 2.75) is 31.9 Å². The van der Waals surface area contributed by atoms with Gasteiger partial charge in [-0.2, -0.15) is 0 Å². The van der Waals surface area contributed by atoms with Crippen LogP contribution in [-0.2, 0) is 0 Å². The molecule has 2 heterocycles. The number of ether oxygens (including phenoxy) is 1. The number of methoxy groups -OCH3 is 1. The zero-order valence-electron chi connectivity index (χ0n) is 12.5. The Kier molecular flexibility index (Phi) is 4.52. The van der Waals surface area contributed by atoms with Crippen LogP contribution in [0.1, 0.15) is 38.3 Å². The molecule has 0 bridgehead atoms. The Balaban J connectivity index is 1.79. The summed E-state index contributed by atoms with van der Waals surface area (Å²) in [5, 5.41) is 14.7. The zero-order valence-corrected chi connectivity index (χ0v) is 14.2. The number of thiophene rings is 2. The van der Waals surface area contributed by atoms with Crippen molar-refractivity contribution in [3.05, 3.63) is 38.2 Å². The quantitative estimate of drug-likeness (QED) is 0.879. The van der Waals surface area contributed by atoms with Gasteiger partial charge in [0.25, 0.3) is 5.91 Å². The van der Waals surface area contributed by atoms with Gasteiger partial charge in [-0.25, -0.2) is 0 Å². The summed E-state index contributed by atoms with van der Waals surface area (Å²) in [4.78, 5) is 15.4. The lowest BCUT2D eigenvalue weighted by molar-refractivity contribution is 0.0241. The van der Waals surface area contributed by atoms with Gasteiger partial charge in [-0.05, 0) is 43.2 Å². The van der Waals surface area contributed by atoms with Gasteiger partial charge in [0.1, 0.15) is 10.6 Å². The van der Waals surface area contributed by atoms with Crippen LogP contribution in [0.4, 0.5) is 0 Å². The van der Waals surface area contributed by atoms with E-state index in [1.165, 1.54) is 11.3 Å². The maximum Gasteiger partial charge on any atom is 0.265 e. The van der Waals surface area contributed by atoms with Crippen LogP contribution < -0.4 is 10.1 Å². The Bertz CT molecular complexity index is 644. The summed E-state index contributed by atoms with van der Waals surface area (Å²) in [6.07, 6.45) is 1.25. The SMILES string of the molecule is COc1cc(C)sc1C(=O)N[C@H](c1cccs1)C1CC(O)C1. The molecule has 0 saturated heterocycles. The molecule has 4 nitrogen and oxygen atoms in total. The normalized spacial score (nSPS) is 22.0. The highest BCUT2D eigenvalue weighted by Crippen LogP contribution is 2.40. The van der Waals surface area contributed by atoms with Crippen LogP contribution in [-0.4, -0.2) is 24.2 Å². The summed E-state index contributed by atoms with van der Waals surface area (Å²) in [6, 6.07) is 5.87.